The average Bonchev–Trinajstić information content (AvgIpc) is 2.61. The number of likely N-dealkylation sites (tertiary alicyclic amines) is 1. The average molecular weight is 373 g/mol. The molecular weight excluding hydrogens is 352 g/mol. The number of anilines is 1. The first-order chi connectivity index (χ1) is 12.4. The van der Waals surface area contributed by atoms with Crippen LogP contribution in [0.1, 0.15) is 34.6 Å². The van der Waals surface area contributed by atoms with E-state index in [1.807, 2.05) is 19.9 Å². The van der Waals surface area contributed by atoms with Gasteiger partial charge in [-0.2, -0.15) is 0 Å². The Morgan fingerprint density at radius 2 is 1.65 bits per heavy atom. The Morgan fingerprint density at radius 1 is 1.08 bits per heavy atom. The fourth-order valence-electron chi connectivity index (χ4n) is 3.11. The van der Waals surface area contributed by atoms with Gasteiger partial charge in [-0.15, -0.1) is 0 Å². The Labute approximate surface area is 157 Å². The third-order valence-corrected chi connectivity index (χ3v) is 4.71. The zero-order chi connectivity index (χ0) is 18.7. The van der Waals surface area contributed by atoms with Gasteiger partial charge in [0.1, 0.15) is 0 Å². The molecule has 1 N–H and O–H groups in total. The van der Waals surface area contributed by atoms with Crippen LogP contribution in [0.4, 0.5) is 5.95 Å². The van der Waals surface area contributed by atoms with Crippen LogP contribution in [0.2, 0.25) is 5.02 Å². The second-order valence-electron chi connectivity index (χ2n) is 6.54. The summed E-state index contributed by atoms with van der Waals surface area (Å²) in [5.41, 5.74) is 2.24. The predicted molar refractivity (Wildman–Crippen MR) is 100 cm³/mol. The lowest BCUT2D eigenvalue weighted by atomic mass is 9.95. The number of benzene rings is 1. The maximum atomic E-state index is 12.5. The van der Waals surface area contributed by atoms with Crippen LogP contribution in [-0.4, -0.2) is 39.8 Å². The van der Waals surface area contributed by atoms with Gasteiger partial charge in [0.2, 0.25) is 11.9 Å². The summed E-state index contributed by atoms with van der Waals surface area (Å²) < 4.78 is 0. The molecule has 0 aliphatic carbocycles. The highest BCUT2D eigenvalue weighted by molar-refractivity contribution is 6.30. The number of amides is 2. The van der Waals surface area contributed by atoms with Crippen LogP contribution in [0.15, 0.2) is 30.3 Å². The van der Waals surface area contributed by atoms with Crippen LogP contribution in [0.3, 0.4) is 0 Å². The van der Waals surface area contributed by atoms with Gasteiger partial charge in [0.15, 0.2) is 0 Å². The SMILES string of the molecule is Cc1cc(C)nc(NC(=O)C2CCN(C(=O)c3ccc(Cl)cc3)CC2)n1. The summed E-state index contributed by atoms with van der Waals surface area (Å²) in [6.45, 7) is 4.83. The minimum Gasteiger partial charge on any atom is -0.339 e. The van der Waals surface area contributed by atoms with Gasteiger partial charge in [-0.05, 0) is 57.0 Å². The van der Waals surface area contributed by atoms with E-state index >= 15 is 0 Å². The van der Waals surface area contributed by atoms with E-state index in [0.29, 0.717) is 42.5 Å². The first-order valence-electron chi connectivity index (χ1n) is 8.60. The molecule has 6 nitrogen and oxygen atoms in total. The predicted octanol–water partition coefficient (Wildman–Crippen LogP) is 3.24. The summed E-state index contributed by atoms with van der Waals surface area (Å²) in [4.78, 5) is 35.2. The number of aromatic nitrogens is 2. The highest BCUT2D eigenvalue weighted by Gasteiger charge is 2.28. The number of carbonyl (C=O) groups excluding carboxylic acids is 2. The Bertz CT molecular complexity index is 795. The van der Waals surface area contributed by atoms with Crippen molar-refractivity contribution >= 4 is 29.4 Å². The van der Waals surface area contributed by atoms with Crippen LogP contribution >= 0.6 is 11.6 Å². The fraction of sp³-hybridized carbons (Fsp3) is 0.368. The van der Waals surface area contributed by atoms with Crippen molar-refractivity contribution in [3.05, 3.63) is 52.3 Å². The molecule has 7 heteroatoms. The van der Waals surface area contributed by atoms with Crippen molar-refractivity contribution in [1.29, 1.82) is 0 Å². The molecule has 26 heavy (non-hydrogen) atoms. The Kier molecular flexibility index (Phi) is 5.52. The normalized spacial score (nSPS) is 15.0. The number of halogens is 1. The quantitative estimate of drug-likeness (QED) is 0.897. The summed E-state index contributed by atoms with van der Waals surface area (Å²) in [7, 11) is 0. The minimum atomic E-state index is -0.145. The van der Waals surface area contributed by atoms with Crippen molar-refractivity contribution in [3.8, 4) is 0 Å². The molecule has 1 aromatic heterocycles. The number of nitrogens with zero attached hydrogens (tertiary/aromatic N) is 3. The number of nitrogens with one attached hydrogen (secondary N) is 1. The maximum absolute atomic E-state index is 12.5. The van der Waals surface area contributed by atoms with Gasteiger partial charge in [-0.25, -0.2) is 9.97 Å². The monoisotopic (exact) mass is 372 g/mol. The summed E-state index contributed by atoms with van der Waals surface area (Å²) in [6, 6.07) is 8.72. The molecule has 0 atom stereocenters. The van der Waals surface area contributed by atoms with Gasteiger partial charge in [0.25, 0.3) is 5.91 Å². The third-order valence-electron chi connectivity index (χ3n) is 4.46. The molecule has 1 fully saturated rings. The number of aryl methyl sites for hydroxylation is 2. The van der Waals surface area contributed by atoms with Crippen molar-refractivity contribution in [2.45, 2.75) is 26.7 Å². The summed E-state index contributed by atoms with van der Waals surface area (Å²) >= 11 is 5.86. The van der Waals surface area contributed by atoms with Crippen LogP contribution in [0.5, 0.6) is 0 Å². The molecule has 2 heterocycles. The number of hydrogen-bond donors (Lipinski definition) is 1. The van der Waals surface area contributed by atoms with E-state index in [2.05, 4.69) is 15.3 Å². The maximum Gasteiger partial charge on any atom is 0.253 e. The number of carbonyl (C=O) groups is 2. The van der Waals surface area contributed by atoms with Crippen LogP contribution in [0.25, 0.3) is 0 Å². The van der Waals surface area contributed by atoms with Crippen molar-refractivity contribution in [2.75, 3.05) is 18.4 Å². The van der Waals surface area contributed by atoms with Crippen molar-refractivity contribution < 1.29 is 9.59 Å². The summed E-state index contributed by atoms with van der Waals surface area (Å²) in [5.74, 6) is 0.0765. The van der Waals surface area contributed by atoms with Crippen molar-refractivity contribution in [2.24, 2.45) is 5.92 Å². The van der Waals surface area contributed by atoms with Crippen molar-refractivity contribution in [1.82, 2.24) is 14.9 Å². The lowest BCUT2D eigenvalue weighted by Gasteiger charge is -2.31. The van der Waals surface area contributed by atoms with E-state index in [0.717, 1.165) is 11.4 Å². The Morgan fingerprint density at radius 3 is 2.23 bits per heavy atom. The molecule has 1 aliphatic heterocycles. The highest BCUT2D eigenvalue weighted by atomic mass is 35.5. The summed E-state index contributed by atoms with van der Waals surface area (Å²) in [5, 5.41) is 3.40. The van der Waals surface area contributed by atoms with E-state index in [-0.39, 0.29) is 17.7 Å². The number of hydrogen-bond acceptors (Lipinski definition) is 4. The van der Waals surface area contributed by atoms with Gasteiger partial charge >= 0.3 is 0 Å². The standard InChI is InChI=1S/C19H21ClN4O2/c1-12-11-13(2)22-19(21-12)23-17(25)14-7-9-24(10-8-14)18(26)15-3-5-16(20)6-4-15/h3-6,11,14H,7-10H2,1-2H3,(H,21,22,23,25). The Balaban J connectivity index is 1.56. The lowest BCUT2D eigenvalue weighted by Crippen LogP contribution is -2.41. The van der Waals surface area contributed by atoms with Gasteiger partial charge < -0.3 is 4.90 Å². The minimum absolute atomic E-state index is 0.0295. The Hall–Kier alpha value is -2.47. The van der Waals surface area contributed by atoms with E-state index in [9.17, 15) is 9.59 Å². The van der Waals surface area contributed by atoms with Gasteiger partial charge in [0, 0.05) is 41.0 Å². The second kappa shape index (κ2) is 7.83. The zero-order valence-electron chi connectivity index (χ0n) is 14.8. The largest absolute Gasteiger partial charge is 0.339 e. The van der Waals surface area contributed by atoms with Gasteiger partial charge in [-0.3, -0.25) is 14.9 Å². The molecule has 0 radical (unpaired) electrons. The number of piperidine rings is 1. The highest BCUT2D eigenvalue weighted by Crippen LogP contribution is 2.21. The van der Waals surface area contributed by atoms with Gasteiger partial charge in [-0.1, -0.05) is 11.6 Å². The molecule has 0 spiro atoms. The molecule has 1 aliphatic rings. The fourth-order valence-corrected chi connectivity index (χ4v) is 3.24. The molecule has 1 saturated heterocycles. The molecular formula is C19H21ClN4O2. The zero-order valence-corrected chi connectivity index (χ0v) is 15.6. The molecule has 2 aromatic rings. The van der Waals surface area contributed by atoms with Gasteiger partial charge in [0.05, 0.1) is 0 Å². The van der Waals surface area contributed by atoms with E-state index in [1.54, 1.807) is 29.2 Å². The van der Waals surface area contributed by atoms with Crippen LogP contribution in [0, 0.1) is 19.8 Å². The molecule has 1 aromatic carbocycles. The molecule has 2 amide bonds. The molecule has 136 valence electrons. The molecule has 0 saturated carbocycles. The first-order valence-corrected chi connectivity index (χ1v) is 8.98. The number of rotatable bonds is 3. The van der Waals surface area contributed by atoms with E-state index in [4.69, 9.17) is 11.6 Å². The van der Waals surface area contributed by atoms with E-state index in [1.165, 1.54) is 0 Å². The van der Waals surface area contributed by atoms with E-state index < -0.39 is 0 Å². The smallest absolute Gasteiger partial charge is 0.253 e. The third kappa shape index (κ3) is 4.38. The molecule has 3 rings (SSSR count). The van der Waals surface area contributed by atoms with Crippen molar-refractivity contribution in [3.63, 3.8) is 0 Å². The van der Waals surface area contributed by atoms with Crippen LogP contribution in [-0.2, 0) is 4.79 Å². The molecule has 0 unspecified atom stereocenters. The first kappa shape index (κ1) is 18.3. The summed E-state index contributed by atoms with van der Waals surface area (Å²) in [6.07, 6.45) is 1.24. The van der Waals surface area contributed by atoms with Crippen LogP contribution < -0.4 is 5.32 Å². The molecule has 0 bridgehead atoms. The second-order valence-corrected chi connectivity index (χ2v) is 6.97. The lowest BCUT2D eigenvalue weighted by molar-refractivity contribution is -0.121. The topological polar surface area (TPSA) is 75.2 Å².